The van der Waals surface area contributed by atoms with Gasteiger partial charge in [-0.05, 0) is 55.8 Å². The molecular formula is C18H21NO4. The quantitative estimate of drug-likeness (QED) is 0.887. The van der Waals surface area contributed by atoms with Gasteiger partial charge in [0, 0.05) is 0 Å². The number of benzene rings is 2. The predicted molar refractivity (Wildman–Crippen MR) is 89.4 cm³/mol. The van der Waals surface area contributed by atoms with Crippen LogP contribution < -0.4 is 19.5 Å². The van der Waals surface area contributed by atoms with Gasteiger partial charge < -0.3 is 19.5 Å². The molecular weight excluding hydrogens is 294 g/mol. The summed E-state index contributed by atoms with van der Waals surface area (Å²) in [6, 6.07) is 12.7. The number of aryl methyl sites for hydroxylation is 1. The maximum absolute atomic E-state index is 12.3. The first-order valence-electron chi connectivity index (χ1n) is 7.29. The minimum absolute atomic E-state index is 0.246. The Morgan fingerprint density at radius 3 is 2.26 bits per heavy atom. The van der Waals surface area contributed by atoms with Gasteiger partial charge in [-0.1, -0.05) is 6.07 Å². The van der Waals surface area contributed by atoms with Crippen LogP contribution in [-0.2, 0) is 4.79 Å². The lowest BCUT2D eigenvalue weighted by Crippen LogP contribution is -2.30. The molecule has 0 bridgehead atoms. The molecule has 0 spiro atoms. The van der Waals surface area contributed by atoms with Crippen LogP contribution in [0.3, 0.4) is 0 Å². The summed E-state index contributed by atoms with van der Waals surface area (Å²) in [5.74, 6) is 1.70. The highest BCUT2D eigenvalue weighted by Crippen LogP contribution is 2.25. The molecule has 2 aromatic rings. The second kappa shape index (κ2) is 7.54. The number of nitrogens with one attached hydrogen (secondary N) is 1. The van der Waals surface area contributed by atoms with E-state index in [-0.39, 0.29) is 5.91 Å². The number of rotatable bonds is 6. The van der Waals surface area contributed by atoms with E-state index in [1.807, 2.05) is 25.1 Å². The van der Waals surface area contributed by atoms with Crippen molar-refractivity contribution in [2.75, 3.05) is 19.5 Å². The van der Waals surface area contributed by atoms with Crippen molar-refractivity contribution in [1.29, 1.82) is 0 Å². The van der Waals surface area contributed by atoms with E-state index in [1.165, 1.54) is 0 Å². The van der Waals surface area contributed by atoms with Crippen LogP contribution in [0, 0.1) is 6.92 Å². The van der Waals surface area contributed by atoms with E-state index >= 15 is 0 Å². The molecule has 5 heteroatoms. The molecule has 0 aromatic heterocycles. The zero-order chi connectivity index (χ0) is 16.8. The van der Waals surface area contributed by atoms with E-state index in [0.29, 0.717) is 17.2 Å². The second-order valence-corrected chi connectivity index (χ2v) is 5.13. The number of carbonyl (C=O) groups excluding carboxylic acids is 1. The van der Waals surface area contributed by atoms with Gasteiger partial charge in [0.15, 0.2) is 6.10 Å². The van der Waals surface area contributed by atoms with Crippen LogP contribution in [0.15, 0.2) is 42.5 Å². The predicted octanol–water partition coefficient (Wildman–Crippen LogP) is 3.42. The topological polar surface area (TPSA) is 56.8 Å². The highest BCUT2D eigenvalue weighted by Gasteiger charge is 2.16. The van der Waals surface area contributed by atoms with E-state index in [0.717, 1.165) is 11.3 Å². The number of methoxy groups -OCH3 is 2. The van der Waals surface area contributed by atoms with E-state index in [9.17, 15) is 4.79 Å². The first-order valence-corrected chi connectivity index (χ1v) is 7.29. The average Bonchev–Trinajstić information content (AvgIpc) is 2.55. The van der Waals surface area contributed by atoms with Crippen molar-refractivity contribution in [3.63, 3.8) is 0 Å². The van der Waals surface area contributed by atoms with Gasteiger partial charge in [-0.15, -0.1) is 0 Å². The molecule has 2 rings (SSSR count). The number of hydrogen-bond donors (Lipinski definition) is 1. The van der Waals surface area contributed by atoms with Gasteiger partial charge in [-0.25, -0.2) is 0 Å². The number of anilines is 1. The molecule has 1 atom stereocenters. The molecule has 0 saturated carbocycles. The minimum Gasteiger partial charge on any atom is -0.497 e. The summed E-state index contributed by atoms with van der Waals surface area (Å²) in [6.07, 6.45) is -0.645. The van der Waals surface area contributed by atoms with Gasteiger partial charge in [0.05, 0.1) is 19.9 Å². The van der Waals surface area contributed by atoms with Crippen LogP contribution in [0.2, 0.25) is 0 Å². The molecule has 0 fully saturated rings. The molecule has 1 unspecified atom stereocenters. The first-order chi connectivity index (χ1) is 11.0. The fourth-order valence-electron chi connectivity index (χ4n) is 2.07. The monoisotopic (exact) mass is 315 g/mol. The number of amides is 1. The van der Waals surface area contributed by atoms with Crippen LogP contribution in [0.25, 0.3) is 0 Å². The molecule has 0 heterocycles. The van der Waals surface area contributed by atoms with Gasteiger partial charge in [-0.3, -0.25) is 4.79 Å². The number of hydrogen-bond acceptors (Lipinski definition) is 4. The summed E-state index contributed by atoms with van der Waals surface area (Å²) < 4.78 is 16.0. The van der Waals surface area contributed by atoms with E-state index in [4.69, 9.17) is 14.2 Å². The largest absolute Gasteiger partial charge is 0.497 e. The molecule has 23 heavy (non-hydrogen) atoms. The number of ether oxygens (including phenoxy) is 3. The van der Waals surface area contributed by atoms with Crippen LogP contribution in [0.1, 0.15) is 12.5 Å². The lowest BCUT2D eigenvalue weighted by atomic mass is 10.2. The van der Waals surface area contributed by atoms with E-state index in [1.54, 1.807) is 45.4 Å². The molecule has 0 saturated heterocycles. The molecule has 122 valence electrons. The summed E-state index contributed by atoms with van der Waals surface area (Å²) >= 11 is 0. The molecule has 0 aliphatic carbocycles. The Bertz CT molecular complexity index is 667. The van der Waals surface area contributed by atoms with Gasteiger partial charge in [-0.2, -0.15) is 0 Å². The lowest BCUT2D eigenvalue weighted by Gasteiger charge is -2.16. The van der Waals surface area contributed by atoms with Crippen molar-refractivity contribution in [2.24, 2.45) is 0 Å². The average molecular weight is 315 g/mol. The Morgan fingerprint density at radius 2 is 1.65 bits per heavy atom. The fourth-order valence-corrected chi connectivity index (χ4v) is 2.07. The number of carbonyl (C=O) groups is 1. The summed E-state index contributed by atoms with van der Waals surface area (Å²) in [4.78, 5) is 12.3. The van der Waals surface area contributed by atoms with E-state index in [2.05, 4.69) is 5.32 Å². The van der Waals surface area contributed by atoms with Crippen molar-refractivity contribution >= 4 is 11.6 Å². The maximum atomic E-state index is 12.3. The van der Waals surface area contributed by atoms with Crippen LogP contribution in [0.5, 0.6) is 17.2 Å². The Hall–Kier alpha value is -2.69. The molecule has 0 aliphatic heterocycles. The first kappa shape index (κ1) is 16.7. The standard InChI is InChI=1S/C18H21NO4/c1-12-5-10-17(22-4)16(11-12)19-18(20)13(2)23-15-8-6-14(21-3)7-9-15/h5-11,13H,1-4H3,(H,19,20). The molecule has 2 aromatic carbocycles. The zero-order valence-corrected chi connectivity index (χ0v) is 13.8. The van der Waals surface area contributed by atoms with Gasteiger partial charge in [0.2, 0.25) is 0 Å². The second-order valence-electron chi connectivity index (χ2n) is 5.13. The fraction of sp³-hybridized carbons (Fsp3) is 0.278. The van der Waals surface area contributed by atoms with Crippen molar-refractivity contribution < 1.29 is 19.0 Å². The Balaban J connectivity index is 2.03. The minimum atomic E-state index is -0.645. The van der Waals surface area contributed by atoms with Crippen LogP contribution >= 0.6 is 0 Å². The highest BCUT2D eigenvalue weighted by molar-refractivity contribution is 5.95. The van der Waals surface area contributed by atoms with Crippen molar-refractivity contribution in [2.45, 2.75) is 20.0 Å². The molecule has 1 N–H and O–H groups in total. The third kappa shape index (κ3) is 4.39. The van der Waals surface area contributed by atoms with Crippen molar-refractivity contribution in [3.8, 4) is 17.2 Å². The molecule has 0 aliphatic rings. The third-order valence-electron chi connectivity index (χ3n) is 3.35. The Kier molecular flexibility index (Phi) is 5.46. The maximum Gasteiger partial charge on any atom is 0.265 e. The summed E-state index contributed by atoms with van der Waals surface area (Å²) in [5, 5.41) is 2.83. The summed E-state index contributed by atoms with van der Waals surface area (Å²) in [5.41, 5.74) is 1.66. The van der Waals surface area contributed by atoms with Gasteiger partial charge in [0.25, 0.3) is 5.91 Å². The highest BCUT2D eigenvalue weighted by atomic mass is 16.5. The van der Waals surface area contributed by atoms with E-state index < -0.39 is 6.10 Å². The molecule has 1 amide bonds. The Morgan fingerprint density at radius 1 is 1.00 bits per heavy atom. The van der Waals surface area contributed by atoms with Crippen LogP contribution in [-0.4, -0.2) is 26.2 Å². The molecule has 0 radical (unpaired) electrons. The summed E-state index contributed by atoms with van der Waals surface area (Å²) in [6.45, 7) is 3.65. The van der Waals surface area contributed by atoms with Gasteiger partial charge in [0.1, 0.15) is 17.2 Å². The lowest BCUT2D eigenvalue weighted by molar-refractivity contribution is -0.122. The normalized spacial score (nSPS) is 11.5. The third-order valence-corrected chi connectivity index (χ3v) is 3.35. The van der Waals surface area contributed by atoms with Crippen molar-refractivity contribution in [1.82, 2.24) is 0 Å². The zero-order valence-electron chi connectivity index (χ0n) is 13.8. The Labute approximate surface area is 136 Å². The summed E-state index contributed by atoms with van der Waals surface area (Å²) in [7, 11) is 3.17. The van der Waals surface area contributed by atoms with Gasteiger partial charge >= 0.3 is 0 Å². The molecule has 5 nitrogen and oxygen atoms in total. The SMILES string of the molecule is COc1ccc(OC(C)C(=O)Nc2cc(C)ccc2OC)cc1. The smallest absolute Gasteiger partial charge is 0.265 e. The van der Waals surface area contributed by atoms with Crippen molar-refractivity contribution in [3.05, 3.63) is 48.0 Å². The van der Waals surface area contributed by atoms with Crippen LogP contribution in [0.4, 0.5) is 5.69 Å².